The van der Waals surface area contributed by atoms with Crippen molar-refractivity contribution >= 4 is 0 Å². The number of benzene rings is 1. The van der Waals surface area contributed by atoms with Crippen LogP contribution in [0.25, 0.3) is 0 Å². The fourth-order valence-corrected chi connectivity index (χ4v) is 2.96. The van der Waals surface area contributed by atoms with Crippen molar-refractivity contribution in [1.82, 2.24) is 4.90 Å². The van der Waals surface area contributed by atoms with Crippen molar-refractivity contribution < 1.29 is 21.8 Å². The largest absolute Gasteiger partial charge is 2.00 e. The first-order valence-electron chi connectivity index (χ1n) is 8.08. The summed E-state index contributed by atoms with van der Waals surface area (Å²) in [6.45, 7) is 2.22. The molecule has 1 aliphatic heterocycles. The van der Waals surface area contributed by atoms with E-state index in [2.05, 4.69) is 68.8 Å². The molecule has 124 valence electrons. The Balaban J connectivity index is 0.000000300. The smallest absolute Gasteiger partial charge is 0.353 e. The second kappa shape index (κ2) is 9.97. The Morgan fingerprint density at radius 1 is 0.833 bits per heavy atom. The predicted octanol–water partition coefficient (Wildman–Crippen LogP) is 3.83. The van der Waals surface area contributed by atoms with Gasteiger partial charge in [0, 0.05) is 12.0 Å². The van der Waals surface area contributed by atoms with Crippen LogP contribution >= 0.6 is 0 Å². The second-order valence-corrected chi connectivity index (χ2v) is 5.91. The summed E-state index contributed by atoms with van der Waals surface area (Å²) in [7, 11) is 2.13. The summed E-state index contributed by atoms with van der Waals surface area (Å²) in [5.41, 5.74) is 1.26. The molecule has 2 saturated carbocycles. The normalized spacial score (nSPS) is 30.7. The molecule has 1 aromatic rings. The third kappa shape index (κ3) is 4.85. The Bertz CT molecular complexity index is 449. The molecule has 0 N–H and O–H groups in total. The van der Waals surface area contributed by atoms with Crippen molar-refractivity contribution in [3.63, 3.8) is 0 Å². The van der Waals surface area contributed by atoms with Crippen LogP contribution in [0.4, 0.5) is 0 Å². The topological polar surface area (TPSA) is 12.5 Å². The van der Waals surface area contributed by atoms with Crippen molar-refractivity contribution in [1.29, 1.82) is 0 Å². The van der Waals surface area contributed by atoms with Crippen LogP contribution in [-0.4, -0.2) is 24.2 Å². The van der Waals surface area contributed by atoms with Gasteiger partial charge in [-0.1, -0.05) is 30.3 Å². The Morgan fingerprint density at radius 3 is 1.92 bits per heavy atom. The van der Waals surface area contributed by atoms with E-state index in [4.69, 9.17) is 4.74 Å². The molecule has 3 fully saturated rings. The Morgan fingerprint density at radius 2 is 1.38 bits per heavy atom. The van der Waals surface area contributed by atoms with Crippen LogP contribution < -0.4 is 0 Å². The van der Waals surface area contributed by atoms with Gasteiger partial charge in [0.25, 0.3) is 0 Å². The zero-order valence-corrected chi connectivity index (χ0v) is 15.1. The summed E-state index contributed by atoms with van der Waals surface area (Å²) in [4.78, 5) is 2.30. The molecule has 1 aromatic carbocycles. The average Bonchev–Trinajstić information content (AvgIpc) is 3.34. The summed E-state index contributed by atoms with van der Waals surface area (Å²) in [6.07, 6.45) is 18.6. The summed E-state index contributed by atoms with van der Waals surface area (Å²) in [6, 6.07) is 10.8. The number of hydrogen-bond donors (Lipinski definition) is 0. The standard InChI is InChI=1S/C16H18NO.C5H5.Fe/c1-12-15(13-8-4-3-5-9-13)18-16(17(12)2)14-10-6-7-11-14;1-2-4-5-3-1;/h3-12,15-16H,1-2H3;1-5H;/q;;+2/t12-,15+,16-;;/m0../s1. The van der Waals surface area contributed by atoms with Crippen molar-refractivity contribution in [2.45, 2.75) is 25.3 Å². The van der Waals surface area contributed by atoms with E-state index in [-0.39, 0.29) is 29.4 Å². The van der Waals surface area contributed by atoms with Gasteiger partial charge in [0.05, 0.1) is 6.10 Å². The van der Waals surface area contributed by atoms with E-state index in [1.807, 2.05) is 38.2 Å². The summed E-state index contributed by atoms with van der Waals surface area (Å²) >= 11 is 0. The molecule has 3 atom stereocenters. The van der Waals surface area contributed by atoms with Gasteiger partial charge in [0.1, 0.15) is 6.23 Å². The molecule has 4 rings (SSSR count). The van der Waals surface area contributed by atoms with Crippen LogP contribution in [0.15, 0.2) is 30.3 Å². The van der Waals surface area contributed by atoms with Crippen LogP contribution in [0.3, 0.4) is 0 Å². The number of likely N-dealkylation sites (N-methyl/N-ethyl adjacent to an activating group) is 1. The quantitative estimate of drug-likeness (QED) is 0.743. The maximum atomic E-state index is 6.24. The number of hydrogen-bond acceptors (Lipinski definition) is 2. The summed E-state index contributed by atoms with van der Waals surface area (Å²) in [5.74, 6) is 1.24. The maximum Gasteiger partial charge on any atom is 2.00 e. The first-order valence-corrected chi connectivity index (χ1v) is 8.08. The van der Waals surface area contributed by atoms with Crippen LogP contribution in [-0.2, 0) is 21.8 Å². The van der Waals surface area contributed by atoms with E-state index in [9.17, 15) is 0 Å². The van der Waals surface area contributed by atoms with Gasteiger partial charge in [0.15, 0.2) is 0 Å². The first kappa shape index (κ1) is 20.0. The fraction of sp³-hybridized carbons (Fsp3) is 0.238. The minimum Gasteiger partial charge on any atom is -0.353 e. The molecule has 24 heavy (non-hydrogen) atoms. The van der Waals surface area contributed by atoms with Crippen molar-refractivity contribution in [2.75, 3.05) is 7.05 Å². The minimum absolute atomic E-state index is 0. The van der Waals surface area contributed by atoms with Crippen LogP contribution in [0.1, 0.15) is 18.6 Å². The van der Waals surface area contributed by atoms with E-state index in [1.165, 1.54) is 11.5 Å². The van der Waals surface area contributed by atoms with Crippen molar-refractivity contribution in [3.05, 3.63) is 99.6 Å². The zero-order chi connectivity index (χ0) is 16.1. The SMILES string of the molecule is C[C@H]1[C@H](c2ccccc2)O[C@@H]([C]2[CH][CH][CH][CH]2)N1C.[CH]1[CH][CH][CH][CH]1.[Fe+2]. The molecule has 1 heterocycles. The average molecular weight is 361 g/mol. The second-order valence-electron chi connectivity index (χ2n) is 5.91. The number of nitrogens with zero attached hydrogens (tertiary/aromatic N) is 1. The molecule has 0 bridgehead atoms. The fourth-order valence-electron chi connectivity index (χ4n) is 2.96. The zero-order valence-electron chi connectivity index (χ0n) is 14.0. The van der Waals surface area contributed by atoms with Gasteiger partial charge in [-0.05, 0) is 77.3 Å². The van der Waals surface area contributed by atoms with Gasteiger partial charge in [-0.25, -0.2) is 0 Å². The van der Waals surface area contributed by atoms with E-state index in [0.717, 1.165) is 0 Å². The van der Waals surface area contributed by atoms with Crippen LogP contribution in [0.2, 0.25) is 0 Å². The van der Waals surface area contributed by atoms with Crippen LogP contribution in [0, 0.1) is 63.7 Å². The van der Waals surface area contributed by atoms with E-state index < -0.39 is 0 Å². The molecule has 1 saturated heterocycles. The van der Waals surface area contributed by atoms with Gasteiger partial charge in [-0.15, -0.1) is 0 Å². The third-order valence-corrected chi connectivity index (χ3v) is 4.38. The molecule has 0 aromatic heterocycles. The van der Waals surface area contributed by atoms with Gasteiger partial charge in [-0.3, -0.25) is 4.90 Å². The third-order valence-electron chi connectivity index (χ3n) is 4.38. The van der Waals surface area contributed by atoms with E-state index in [1.54, 1.807) is 0 Å². The predicted molar refractivity (Wildman–Crippen MR) is 93.2 cm³/mol. The van der Waals surface area contributed by atoms with Crippen molar-refractivity contribution in [3.8, 4) is 0 Å². The Kier molecular flexibility index (Phi) is 8.30. The molecule has 2 aliphatic carbocycles. The van der Waals surface area contributed by atoms with Gasteiger partial charge >= 0.3 is 17.1 Å². The minimum atomic E-state index is 0. The summed E-state index contributed by atoms with van der Waals surface area (Å²) in [5, 5.41) is 0. The van der Waals surface area contributed by atoms with E-state index >= 15 is 0 Å². The Hall–Kier alpha value is -0.341. The Labute approximate surface area is 158 Å². The molecule has 0 spiro atoms. The monoisotopic (exact) mass is 361 g/mol. The number of rotatable bonds is 2. The van der Waals surface area contributed by atoms with Gasteiger partial charge in [0.2, 0.25) is 0 Å². The van der Waals surface area contributed by atoms with Crippen LogP contribution in [0.5, 0.6) is 0 Å². The molecule has 0 amide bonds. The molecule has 10 radical (unpaired) electrons. The van der Waals surface area contributed by atoms with Gasteiger partial charge in [-0.2, -0.15) is 0 Å². The molecule has 3 heteroatoms. The first-order chi connectivity index (χ1) is 11.3. The molecular weight excluding hydrogens is 338 g/mol. The number of ether oxygens (including phenoxy) is 1. The maximum absolute atomic E-state index is 6.24. The van der Waals surface area contributed by atoms with Crippen molar-refractivity contribution in [2.24, 2.45) is 0 Å². The molecular formula is C21H23FeNO+2. The van der Waals surface area contributed by atoms with E-state index in [0.29, 0.717) is 6.04 Å². The molecule has 2 nitrogen and oxygen atoms in total. The molecule has 3 aliphatic rings. The molecule has 0 unspecified atom stereocenters. The summed E-state index contributed by atoms with van der Waals surface area (Å²) < 4.78 is 6.24. The van der Waals surface area contributed by atoms with Gasteiger partial charge < -0.3 is 4.74 Å².